The first-order chi connectivity index (χ1) is 36.0. The first-order valence-electron chi connectivity index (χ1n) is 32.1. The molecule has 0 N–H and O–H groups in total. The minimum atomic E-state index is -0.783. The van der Waals surface area contributed by atoms with E-state index in [0.29, 0.717) is 19.3 Å². The molecule has 6 heteroatoms. The maximum absolute atomic E-state index is 12.9. The predicted molar refractivity (Wildman–Crippen MR) is 316 cm³/mol. The molecule has 0 saturated carbocycles. The predicted octanol–water partition coefficient (Wildman–Crippen LogP) is 21.8. The van der Waals surface area contributed by atoms with Gasteiger partial charge in [-0.1, -0.05) is 307 Å². The molecule has 426 valence electrons. The number of rotatable bonds is 59. The summed E-state index contributed by atoms with van der Waals surface area (Å²) in [6.45, 7) is 6.64. The summed E-state index contributed by atoms with van der Waals surface area (Å²) in [6, 6.07) is 0. The van der Waals surface area contributed by atoms with Crippen molar-refractivity contribution in [3.05, 3.63) is 48.6 Å². The molecular weight excluding hydrogens is 901 g/mol. The van der Waals surface area contributed by atoms with Gasteiger partial charge in [0.05, 0.1) is 0 Å². The second-order valence-corrected chi connectivity index (χ2v) is 21.7. The van der Waals surface area contributed by atoms with Gasteiger partial charge in [0, 0.05) is 19.3 Å². The molecule has 0 aromatic rings. The average molecular weight is 1020 g/mol. The van der Waals surface area contributed by atoms with Crippen molar-refractivity contribution >= 4 is 17.9 Å². The first kappa shape index (κ1) is 70.4. The largest absolute Gasteiger partial charge is 0.462 e. The lowest BCUT2D eigenvalue weighted by atomic mass is 10.0. The molecule has 0 aromatic carbocycles. The third-order valence-electron chi connectivity index (χ3n) is 14.3. The van der Waals surface area contributed by atoms with Crippen LogP contribution in [0.5, 0.6) is 0 Å². The number of unbranched alkanes of at least 4 members (excludes halogenated alkanes) is 40. The van der Waals surface area contributed by atoms with Crippen LogP contribution in [0.15, 0.2) is 48.6 Å². The number of ether oxygens (including phenoxy) is 3. The molecule has 0 unspecified atom stereocenters. The van der Waals surface area contributed by atoms with E-state index in [1.807, 2.05) is 0 Å². The highest BCUT2D eigenvalue weighted by Gasteiger charge is 2.19. The van der Waals surface area contributed by atoms with Gasteiger partial charge in [-0.3, -0.25) is 14.4 Å². The fourth-order valence-electron chi connectivity index (χ4n) is 9.49. The van der Waals surface area contributed by atoms with Crippen LogP contribution in [0.4, 0.5) is 0 Å². The first-order valence-corrected chi connectivity index (χ1v) is 32.1. The lowest BCUT2D eigenvalue weighted by molar-refractivity contribution is -0.167. The molecule has 0 rings (SSSR count). The third kappa shape index (κ3) is 60.1. The summed E-state index contributed by atoms with van der Waals surface area (Å²) in [5.41, 5.74) is 0. The highest BCUT2D eigenvalue weighted by molar-refractivity contribution is 5.71. The van der Waals surface area contributed by atoms with Gasteiger partial charge in [-0.2, -0.15) is 0 Å². The van der Waals surface area contributed by atoms with E-state index in [1.54, 1.807) is 0 Å². The molecule has 0 bridgehead atoms. The minimum Gasteiger partial charge on any atom is -0.462 e. The van der Waals surface area contributed by atoms with Crippen molar-refractivity contribution in [1.29, 1.82) is 0 Å². The molecule has 0 aromatic heterocycles. The number of esters is 3. The molecule has 0 heterocycles. The number of hydrogen-bond acceptors (Lipinski definition) is 6. The molecule has 0 fully saturated rings. The minimum absolute atomic E-state index is 0.0783. The summed E-state index contributed by atoms with van der Waals surface area (Å²) in [7, 11) is 0. The maximum Gasteiger partial charge on any atom is 0.306 e. The van der Waals surface area contributed by atoms with Crippen LogP contribution < -0.4 is 0 Å². The Bertz CT molecular complexity index is 1270. The van der Waals surface area contributed by atoms with Gasteiger partial charge in [-0.05, 0) is 64.2 Å². The Kier molecular flexibility index (Phi) is 59.7. The lowest BCUT2D eigenvalue weighted by Crippen LogP contribution is -2.30. The molecule has 0 spiro atoms. The third-order valence-corrected chi connectivity index (χ3v) is 14.3. The second kappa shape index (κ2) is 61.9. The summed E-state index contributed by atoms with van der Waals surface area (Å²) >= 11 is 0. The Hall–Kier alpha value is -2.63. The topological polar surface area (TPSA) is 78.9 Å². The molecule has 6 nitrogen and oxygen atoms in total. The van der Waals surface area contributed by atoms with Crippen LogP contribution in [0.25, 0.3) is 0 Å². The van der Waals surface area contributed by atoms with Crippen LogP contribution >= 0.6 is 0 Å². The van der Waals surface area contributed by atoms with Crippen LogP contribution in [0.2, 0.25) is 0 Å². The number of hydrogen-bond donors (Lipinski definition) is 0. The molecule has 0 aliphatic carbocycles. The van der Waals surface area contributed by atoms with Crippen molar-refractivity contribution in [1.82, 2.24) is 0 Å². The van der Waals surface area contributed by atoms with E-state index in [-0.39, 0.29) is 31.1 Å². The number of carbonyl (C=O) groups is 3. The van der Waals surface area contributed by atoms with Crippen molar-refractivity contribution < 1.29 is 28.6 Å². The molecular formula is C67H122O6. The van der Waals surface area contributed by atoms with Crippen molar-refractivity contribution in [2.45, 2.75) is 348 Å². The Morgan fingerprint density at radius 2 is 0.493 bits per heavy atom. The maximum atomic E-state index is 12.9. The van der Waals surface area contributed by atoms with Crippen LogP contribution in [0.1, 0.15) is 342 Å². The monoisotopic (exact) mass is 1020 g/mol. The summed E-state index contributed by atoms with van der Waals surface area (Å²) in [5.74, 6) is -0.887. The van der Waals surface area contributed by atoms with E-state index in [9.17, 15) is 14.4 Å². The van der Waals surface area contributed by atoms with Gasteiger partial charge in [0.25, 0.3) is 0 Å². The smallest absolute Gasteiger partial charge is 0.306 e. The zero-order valence-corrected chi connectivity index (χ0v) is 48.9. The number of allylic oxidation sites excluding steroid dienone is 8. The van der Waals surface area contributed by atoms with Gasteiger partial charge >= 0.3 is 17.9 Å². The SMILES string of the molecule is CCCCC/C=C\C/C=C\C/C=C\C/C=C\CCCCCC(=O)OC[C@H](COC(=O)CCCCCCCCCCCCCCCCCCCCCCC)OC(=O)CCCCCCCCCCCCCCCCC. The quantitative estimate of drug-likeness (QED) is 0.0261. The van der Waals surface area contributed by atoms with E-state index in [1.165, 1.54) is 218 Å². The van der Waals surface area contributed by atoms with Crippen molar-refractivity contribution in [3.8, 4) is 0 Å². The van der Waals surface area contributed by atoms with Crippen LogP contribution in [0, 0.1) is 0 Å². The molecule has 0 radical (unpaired) electrons. The van der Waals surface area contributed by atoms with Gasteiger partial charge in [0.1, 0.15) is 13.2 Å². The average Bonchev–Trinajstić information content (AvgIpc) is 3.39. The molecule has 73 heavy (non-hydrogen) atoms. The Balaban J connectivity index is 4.35. The standard InChI is InChI=1S/C67H122O6/c1-4-7-10-13-16-19-22-25-28-30-32-33-35-37-40-42-45-48-51-54-57-60-66(69)72-63-64(73-67(70)61-58-55-52-49-46-43-38-27-24-21-18-15-12-9-6-3)62-71-65(68)59-56-53-50-47-44-41-39-36-34-31-29-26-23-20-17-14-11-8-5-2/h17,20,26,29,34,36,41,44,64H,4-16,18-19,21-25,27-28,30-33,35,37-40,42-43,45-63H2,1-3H3/b20-17-,29-26-,36-34-,44-41-/t64-/m1/s1. The van der Waals surface area contributed by atoms with Crippen LogP contribution in [-0.2, 0) is 28.6 Å². The second-order valence-electron chi connectivity index (χ2n) is 21.7. The van der Waals surface area contributed by atoms with E-state index >= 15 is 0 Å². The fourth-order valence-corrected chi connectivity index (χ4v) is 9.49. The normalized spacial score (nSPS) is 12.3. The molecule has 0 aliphatic heterocycles. The Labute approximate surface area is 454 Å². The van der Waals surface area contributed by atoms with Crippen molar-refractivity contribution in [2.24, 2.45) is 0 Å². The zero-order valence-electron chi connectivity index (χ0n) is 48.9. The number of carbonyl (C=O) groups excluding carboxylic acids is 3. The molecule has 0 saturated heterocycles. The summed E-state index contributed by atoms with van der Waals surface area (Å²) in [5, 5.41) is 0. The van der Waals surface area contributed by atoms with Crippen LogP contribution in [-0.4, -0.2) is 37.2 Å². The molecule has 0 amide bonds. The molecule has 0 aliphatic rings. The van der Waals surface area contributed by atoms with Gasteiger partial charge in [0.15, 0.2) is 6.10 Å². The van der Waals surface area contributed by atoms with Crippen molar-refractivity contribution in [3.63, 3.8) is 0 Å². The lowest BCUT2D eigenvalue weighted by Gasteiger charge is -2.18. The van der Waals surface area contributed by atoms with Gasteiger partial charge in [0.2, 0.25) is 0 Å². The van der Waals surface area contributed by atoms with E-state index in [0.717, 1.165) is 83.5 Å². The van der Waals surface area contributed by atoms with Crippen molar-refractivity contribution in [2.75, 3.05) is 13.2 Å². The zero-order chi connectivity index (χ0) is 52.9. The Morgan fingerprint density at radius 3 is 0.795 bits per heavy atom. The highest BCUT2D eigenvalue weighted by Crippen LogP contribution is 2.18. The summed E-state index contributed by atoms with van der Waals surface area (Å²) in [6.07, 6.45) is 76.9. The van der Waals surface area contributed by atoms with E-state index < -0.39 is 6.10 Å². The van der Waals surface area contributed by atoms with E-state index in [2.05, 4.69) is 69.4 Å². The molecule has 1 atom stereocenters. The van der Waals surface area contributed by atoms with E-state index in [4.69, 9.17) is 14.2 Å². The van der Waals surface area contributed by atoms with Gasteiger partial charge in [-0.15, -0.1) is 0 Å². The highest BCUT2D eigenvalue weighted by atomic mass is 16.6. The fraction of sp³-hybridized carbons (Fsp3) is 0.836. The summed E-state index contributed by atoms with van der Waals surface area (Å²) in [4.78, 5) is 38.3. The Morgan fingerprint density at radius 1 is 0.274 bits per heavy atom. The van der Waals surface area contributed by atoms with Crippen LogP contribution in [0.3, 0.4) is 0 Å². The summed E-state index contributed by atoms with van der Waals surface area (Å²) < 4.78 is 16.9. The van der Waals surface area contributed by atoms with Gasteiger partial charge < -0.3 is 14.2 Å². The van der Waals surface area contributed by atoms with Gasteiger partial charge in [-0.25, -0.2) is 0 Å².